The van der Waals surface area contributed by atoms with Crippen molar-refractivity contribution in [2.45, 2.75) is 19.3 Å². The molecule has 1 heterocycles. The van der Waals surface area contributed by atoms with E-state index in [9.17, 15) is 4.79 Å². The van der Waals surface area contributed by atoms with Crippen LogP contribution in [0.15, 0.2) is 36.5 Å². The Labute approximate surface area is 122 Å². The maximum atomic E-state index is 11.9. The highest BCUT2D eigenvalue weighted by Crippen LogP contribution is 2.20. The van der Waals surface area contributed by atoms with Gasteiger partial charge in [-0.3, -0.25) is 4.79 Å². The molecule has 5 nitrogen and oxygen atoms in total. The van der Waals surface area contributed by atoms with Gasteiger partial charge in [0.25, 0.3) is 0 Å². The minimum absolute atomic E-state index is 0.0907. The third-order valence-electron chi connectivity index (χ3n) is 2.89. The predicted molar refractivity (Wildman–Crippen MR) is 79.6 cm³/mol. The summed E-state index contributed by atoms with van der Waals surface area (Å²) in [5.74, 6) is 0.372. The van der Waals surface area contributed by atoms with E-state index >= 15 is 0 Å². The minimum atomic E-state index is -0.121. The molecule has 2 rings (SSSR count). The van der Waals surface area contributed by atoms with Crippen LogP contribution < -0.4 is 11.1 Å². The number of carbonyl (C=O) groups is 1. The Balaban J connectivity index is 1.95. The summed E-state index contributed by atoms with van der Waals surface area (Å²) in [6, 6.07) is 9.10. The molecular formula is C14H15ClN4O. The molecule has 1 aromatic carbocycles. The van der Waals surface area contributed by atoms with Crippen molar-refractivity contribution in [1.29, 1.82) is 0 Å². The Morgan fingerprint density at radius 1 is 1.35 bits per heavy atom. The number of nitrogens with one attached hydrogen (secondary N) is 1. The Hall–Kier alpha value is -2.14. The zero-order valence-corrected chi connectivity index (χ0v) is 11.8. The average Bonchev–Trinajstić information content (AvgIpc) is 2.39. The molecule has 0 aliphatic carbocycles. The number of nitrogens with two attached hydrogens (primary N) is 1. The number of rotatable bonds is 4. The second-order valence-electron chi connectivity index (χ2n) is 4.53. The van der Waals surface area contributed by atoms with Gasteiger partial charge in [0.1, 0.15) is 5.82 Å². The van der Waals surface area contributed by atoms with Crippen molar-refractivity contribution >= 4 is 29.0 Å². The monoisotopic (exact) mass is 290 g/mol. The Morgan fingerprint density at radius 2 is 2.05 bits per heavy atom. The summed E-state index contributed by atoms with van der Waals surface area (Å²) >= 11 is 5.66. The van der Waals surface area contributed by atoms with Gasteiger partial charge < -0.3 is 11.1 Å². The quantitative estimate of drug-likeness (QED) is 0.670. The van der Waals surface area contributed by atoms with Crippen molar-refractivity contribution in [1.82, 2.24) is 9.97 Å². The summed E-state index contributed by atoms with van der Waals surface area (Å²) in [4.78, 5) is 19.6. The number of halogens is 1. The smallest absolute Gasteiger partial charge is 0.226 e. The maximum absolute atomic E-state index is 11.9. The van der Waals surface area contributed by atoms with E-state index in [1.807, 2.05) is 31.2 Å². The van der Waals surface area contributed by atoms with Crippen LogP contribution in [0.1, 0.15) is 24.8 Å². The van der Waals surface area contributed by atoms with Gasteiger partial charge >= 0.3 is 0 Å². The molecule has 0 bridgehead atoms. The van der Waals surface area contributed by atoms with E-state index in [2.05, 4.69) is 15.3 Å². The van der Waals surface area contributed by atoms with Gasteiger partial charge in [0, 0.05) is 18.3 Å². The van der Waals surface area contributed by atoms with Crippen molar-refractivity contribution in [2.75, 3.05) is 11.1 Å². The van der Waals surface area contributed by atoms with E-state index in [1.54, 1.807) is 6.07 Å². The second kappa shape index (κ2) is 6.34. The van der Waals surface area contributed by atoms with E-state index in [0.717, 1.165) is 5.56 Å². The second-order valence-corrected chi connectivity index (χ2v) is 4.87. The van der Waals surface area contributed by atoms with Gasteiger partial charge in [-0.1, -0.05) is 19.1 Å². The number of aromatic nitrogens is 2. The van der Waals surface area contributed by atoms with Crippen LogP contribution in [0.3, 0.4) is 0 Å². The topological polar surface area (TPSA) is 80.9 Å². The summed E-state index contributed by atoms with van der Waals surface area (Å²) in [5.41, 5.74) is 7.41. The molecule has 2 aromatic rings. The molecule has 1 aromatic heterocycles. The minimum Gasteiger partial charge on any atom is -0.399 e. The molecule has 1 amide bonds. The van der Waals surface area contributed by atoms with E-state index in [-0.39, 0.29) is 17.1 Å². The van der Waals surface area contributed by atoms with Crippen LogP contribution >= 0.6 is 11.6 Å². The summed E-state index contributed by atoms with van der Waals surface area (Å²) in [6.45, 7) is 1.98. The molecule has 1 atom stereocenters. The number of nitrogens with zero attached hydrogens (tertiary/aromatic N) is 2. The van der Waals surface area contributed by atoms with E-state index < -0.39 is 0 Å². The zero-order chi connectivity index (χ0) is 14.5. The summed E-state index contributed by atoms with van der Waals surface area (Å²) in [7, 11) is 0. The first-order chi connectivity index (χ1) is 9.54. The predicted octanol–water partition coefficient (Wildman–Crippen LogP) is 2.84. The van der Waals surface area contributed by atoms with Gasteiger partial charge in [0.05, 0.1) is 0 Å². The first-order valence-electron chi connectivity index (χ1n) is 6.18. The molecule has 1 unspecified atom stereocenters. The molecule has 104 valence electrons. The third kappa shape index (κ3) is 3.93. The van der Waals surface area contributed by atoms with Crippen LogP contribution in [0, 0.1) is 0 Å². The van der Waals surface area contributed by atoms with Gasteiger partial charge in [-0.2, -0.15) is 0 Å². The lowest BCUT2D eigenvalue weighted by Gasteiger charge is -2.12. The summed E-state index contributed by atoms with van der Waals surface area (Å²) in [5, 5.41) is 2.80. The largest absolute Gasteiger partial charge is 0.399 e. The first kappa shape index (κ1) is 14.3. The zero-order valence-electron chi connectivity index (χ0n) is 11.0. The third-order valence-corrected chi connectivity index (χ3v) is 3.07. The molecule has 0 radical (unpaired) electrons. The van der Waals surface area contributed by atoms with Crippen LogP contribution in [0.4, 0.5) is 11.5 Å². The highest BCUT2D eigenvalue weighted by molar-refractivity contribution is 6.28. The molecule has 0 aliphatic heterocycles. The molecule has 6 heteroatoms. The molecule has 0 spiro atoms. The van der Waals surface area contributed by atoms with Gasteiger partial charge in [-0.05, 0) is 41.3 Å². The number of benzene rings is 1. The lowest BCUT2D eigenvalue weighted by molar-refractivity contribution is -0.116. The average molecular weight is 291 g/mol. The number of nitrogen functional groups attached to an aromatic ring is 1. The first-order valence-corrected chi connectivity index (χ1v) is 6.56. The van der Waals surface area contributed by atoms with Crippen molar-refractivity contribution in [3.8, 4) is 0 Å². The van der Waals surface area contributed by atoms with Gasteiger partial charge in [0.15, 0.2) is 0 Å². The van der Waals surface area contributed by atoms with E-state index in [0.29, 0.717) is 17.9 Å². The molecular weight excluding hydrogens is 276 g/mol. The Bertz CT molecular complexity index is 600. The normalized spacial score (nSPS) is 11.9. The number of hydrogen-bond acceptors (Lipinski definition) is 4. The van der Waals surface area contributed by atoms with Crippen molar-refractivity contribution < 1.29 is 4.79 Å². The SMILES string of the molecule is CC(CC(=O)Nc1ccnc(Cl)n1)c1ccc(N)cc1. The van der Waals surface area contributed by atoms with E-state index in [4.69, 9.17) is 17.3 Å². The Kier molecular flexibility index (Phi) is 4.53. The lowest BCUT2D eigenvalue weighted by Crippen LogP contribution is -2.15. The molecule has 0 aliphatic rings. The van der Waals surface area contributed by atoms with Crippen LogP contribution in [0.25, 0.3) is 0 Å². The number of anilines is 2. The molecule has 20 heavy (non-hydrogen) atoms. The molecule has 0 saturated carbocycles. The maximum Gasteiger partial charge on any atom is 0.226 e. The molecule has 0 fully saturated rings. The van der Waals surface area contributed by atoms with Crippen LogP contribution in [0.2, 0.25) is 5.28 Å². The highest BCUT2D eigenvalue weighted by atomic mass is 35.5. The fourth-order valence-electron chi connectivity index (χ4n) is 1.82. The highest BCUT2D eigenvalue weighted by Gasteiger charge is 2.12. The number of amides is 1. The van der Waals surface area contributed by atoms with Crippen molar-refractivity contribution in [2.24, 2.45) is 0 Å². The standard InChI is InChI=1S/C14H15ClN4O/c1-9(10-2-4-11(16)5-3-10)8-13(20)18-12-6-7-17-14(15)19-12/h2-7,9H,8,16H2,1H3,(H,17,18,19,20). The van der Waals surface area contributed by atoms with E-state index in [1.165, 1.54) is 6.20 Å². The van der Waals surface area contributed by atoms with Crippen LogP contribution in [-0.2, 0) is 4.79 Å². The van der Waals surface area contributed by atoms with Gasteiger partial charge in [-0.15, -0.1) is 0 Å². The summed E-state index contributed by atoms with van der Waals surface area (Å²) < 4.78 is 0. The lowest BCUT2D eigenvalue weighted by atomic mass is 9.97. The van der Waals surface area contributed by atoms with Crippen molar-refractivity contribution in [3.63, 3.8) is 0 Å². The molecule has 3 N–H and O–H groups in total. The summed E-state index contributed by atoms with van der Waals surface area (Å²) in [6.07, 6.45) is 1.85. The van der Waals surface area contributed by atoms with Gasteiger partial charge in [0.2, 0.25) is 11.2 Å². The van der Waals surface area contributed by atoms with Crippen LogP contribution in [-0.4, -0.2) is 15.9 Å². The fraction of sp³-hybridized carbons (Fsp3) is 0.214. The molecule has 0 saturated heterocycles. The number of carbonyl (C=O) groups excluding carboxylic acids is 1. The van der Waals surface area contributed by atoms with Gasteiger partial charge in [-0.25, -0.2) is 9.97 Å². The van der Waals surface area contributed by atoms with Crippen molar-refractivity contribution in [3.05, 3.63) is 47.4 Å². The van der Waals surface area contributed by atoms with Crippen LogP contribution in [0.5, 0.6) is 0 Å². The Morgan fingerprint density at radius 3 is 2.70 bits per heavy atom. The fourth-order valence-corrected chi connectivity index (χ4v) is 1.97. The number of hydrogen-bond donors (Lipinski definition) is 2.